The van der Waals surface area contributed by atoms with Crippen molar-refractivity contribution in [3.05, 3.63) is 24.2 Å². The van der Waals surface area contributed by atoms with Crippen molar-refractivity contribution in [3.63, 3.8) is 0 Å². The van der Waals surface area contributed by atoms with Crippen LogP contribution in [0, 0.1) is 0 Å². The third-order valence-electron chi connectivity index (χ3n) is 2.95. The number of hydrogen-bond donors (Lipinski definition) is 0. The molecule has 0 atom stereocenters. The maximum Gasteiger partial charge on any atom is 0.248 e. The number of rotatable bonds is 1. The molecule has 0 spiro atoms. The van der Waals surface area contributed by atoms with Gasteiger partial charge in [-0.25, -0.2) is 0 Å². The highest BCUT2D eigenvalue weighted by Gasteiger charge is 2.40. The zero-order valence-corrected chi connectivity index (χ0v) is 9.07. The van der Waals surface area contributed by atoms with E-state index in [1.165, 1.54) is 0 Å². The summed E-state index contributed by atoms with van der Waals surface area (Å²) in [4.78, 5) is 1.06. The van der Waals surface area contributed by atoms with Gasteiger partial charge >= 0.3 is 0 Å². The Kier molecular flexibility index (Phi) is 1.59. The topological polar surface area (TPSA) is 56.3 Å². The average Bonchev–Trinajstić information content (AvgIpc) is 3.01. The molecule has 1 fully saturated rings. The van der Waals surface area contributed by atoms with Crippen LogP contribution in [-0.2, 0) is 8.57 Å². The van der Waals surface area contributed by atoms with Gasteiger partial charge in [0.25, 0.3) is 0 Å². The van der Waals surface area contributed by atoms with Gasteiger partial charge in [-0.2, -0.15) is 0 Å². The molecule has 0 bridgehead atoms. The summed E-state index contributed by atoms with van der Waals surface area (Å²) in [5.74, 6) is 1.27. The first kappa shape index (κ1) is 8.58. The Labute approximate surface area is 94.0 Å². The molecule has 4 rings (SSSR count). The molecule has 2 aliphatic heterocycles. The molecule has 1 aromatic heterocycles. The predicted octanol–water partition coefficient (Wildman–Crippen LogP) is 2.20. The fourth-order valence-corrected chi connectivity index (χ4v) is 3.33. The van der Waals surface area contributed by atoms with Crippen molar-refractivity contribution in [1.82, 2.24) is 0 Å². The number of oxime groups is 2. The van der Waals surface area contributed by atoms with Crippen LogP contribution >= 0.6 is 11.0 Å². The van der Waals surface area contributed by atoms with E-state index in [2.05, 4.69) is 10.3 Å². The van der Waals surface area contributed by atoms with E-state index in [1.807, 2.05) is 12.1 Å². The smallest absolute Gasteiger partial charge is 0.248 e. The van der Waals surface area contributed by atoms with Gasteiger partial charge in [-0.05, 0) is 12.1 Å². The monoisotopic (exact) mass is 236 g/mol. The lowest BCUT2D eigenvalue weighted by atomic mass is 9.85. The summed E-state index contributed by atoms with van der Waals surface area (Å²) in [7, 11) is 0. The molecule has 0 amide bonds. The summed E-state index contributed by atoms with van der Waals surface area (Å²) in [5.41, 5.74) is 1.93. The molecule has 1 saturated carbocycles. The molecule has 6 heteroatoms. The third kappa shape index (κ3) is 1.05. The predicted molar refractivity (Wildman–Crippen MR) is 60.3 cm³/mol. The molecule has 1 aliphatic carbocycles. The highest BCUT2D eigenvalue weighted by atomic mass is 32.2. The summed E-state index contributed by atoms with van der Waals surface area (Å²) < 4.78 is 15.8. The van der Waals surface area contributed by atoms with Crippen LogP contribution in [-0.4, -0.2) is 16.3 Å². The Balaban J connectivity index is 1.74. The molecule has 0 aromatic carbocycles. The standard InChI is InChI=1S/C10H8N2O3S/c1-2-9(13-3-1)6-4-7-10-8(5-6)12-15-16(10)14-11-7/h1-3,6H,4-5H2. The third-order valence-corrected chi connectivity index (χ3v) is 4.17. The second-order valence-electron chi connectivity index (χ2n) is 3.91. The molecule has 1 aromatic rings. The van der Waals surface area contributed by atoms with Crippen molar-refractivity contribution in [2.75, 3.05) is 0 Å². The van der Waals surface area contributed by atoms with Gasteiger partial charge in [-0.1, -0.05) is 10.3 Å². The van der Waals surface area contributed by atoms with Crippen LogP contribution in [0.5, 0.6) is 0 Å². The normalized spacial score (nSPS) is 23.6. The lowest BCUT2D eigenvalue weighted by Gasteiger charge is -2.19. The van der Waals surface area contributed by atoms with Gasteiger partial charge < -0.3 is 4.42 Å². The van der Waals surface area contributed by atoms with Crippen molar-refractivity contribution in [2.24, 2.45) is 10.3 Å². The summed E-state index contributed by atoms with van der Waals surface area (Å²) in [6.45, 7) is 0. The molecule has 3 aliphatic rings. The van der Waals surface area contributed by atoms with Crippen LogP contribution < -0.4 is 0 Å². The van der Waals surface area contributed by atoms with E-state index in [1.54, 1.807) is 6.26 Å². The molecule has 16 heavy (non-hydrogen) atoms. The van der Waals surface area contributed by atoms with Crippen molar-refractivity contribution < 1.29 is 13.0 Å². The van der Waals surface area contributed by atoms with E-state index in [0.717, 1.165) is 34.9 Å². The first-order chi connectivity index (χ1) is 7.92. The lowest BCUT2D eigenvalue weighted by Crippen LogP contribution is -2.29. The minimum atomic E-state index is -0.660. The average molecular weight is 236 g/mol. The van der Waals surface area contributed by atoms with Crippen LogP contribution in [0.1, 0.15) is 24.5 Å². The Hall–Kier alpha value is -1.56. The first-order valence-corrected chi connectivity index (χ1v) is 6.13. The second-order valence-corrected chi connectivity index (χ2v) is 5.09. The zero-order chi connectivity index (χ0) is 10.5. The molecule has 3 heterocycles. The lowest BCUT2D eigenvalue weighted by molar-refractivity contribution is 0.308. The fraction of sp³-hybridized carbons (Fsp3) is 0.300. The molecule has 0 radical (unpaired) electrons. The molecular formula is C10H8N2O3S. The van der Waals surface area contributed by atoms with E-state index in [0.29, 0.717) is 5.92 Å². The summed E-state index contributed by atoms with van der Waals surface area (Å²) in [6.07, 6.45) is 3.38. The van der Waals surface area contributed by atoms with Gasteiger partial charge in [-0.3, -0.25) is 8.57 Å². The van der Waals surface area contributed by atoms with Gasteiger partial charge in [0, 0.05) is 18.8 Å². The molecule has 0 N–H and O–H groups in total. The number of furan rings is 1. The fourth-order valence-electron chi connectivity index (χ4n) is 2.21. The van der Waals surface area contributed by atoms with Gasteiger partial charge in [0.05, 0.1) is 6.26 Å². The van der Waals surface area contributed by atoms with E-state index in [4.69, 9.17) is 13.0 Å². The molecule has 82 valence electrons. The zero-order valence-electron chi connectivity index (χ0n) is 8.25. The Morgan fingerprint density at radius 3 is 2.56 bits per heavy atom. The summed E-state index contributed by atoms with van der Waals surface area (Å²) in [6, 6.07) is 3.89. The summed E-state index contributed by atoms with van der Waals surface area (Å²) >= 11 is -0.660. The minimum absolute atomic E-state index is 0.296. The van der Waals surface area contributed by atoms with Crippen LogP contribution in [0.4, 0.5) is 0 Å². The van der Waals surface area contributed by atoms with E-state index >= 15 is 0 Å². The highest BCUT2D eigenvalue weighted by Crippen LogP contribution is 2.40. The first-order valence-electron chi connectivity index (χ1n) is 5.06. The minimum Gasteiger partial charge on any atom is -0.469 e. The van der Waals surface area contributed by atoms with Crippen LogP contribution in [0.2, 0.25) is 0 Å². The van der Waals surface area contributed by atoms with Crippen molar-refractivity contribution in [3.8, 4) is 0 Å². The van der Waals surface area contributed by atoms with E-state index in [-0.39, 0.29) is 0 Å². The van der Waals surface area contributed by atoms with Crippen LogP contribution in [0.3, 0.4) is 0 Å². The van der Waals surface area contributed by atoms with Crippen LogP contribution in [0.25, 0.3) is 0 Å². The number of nitrogens with zero attached hydrogens (tertiary/aromatic N) is 2. The van der Waals surface area contributed by atoms with Gasteiger partial charge in [-0.15, -0.1) is 0 Å². The van der Waals surface area contributed by atoms with Gasteiger partial charge in [0.2, 0.25) is 11.0 Å². The SMILES string of the molecule is c1coc(C2CC3=NOS4=C3C(=NO4)C2)c1. The molecule has 0 saturated heterocycles. The van der Waals surface area contributed by atoms with Crippen LogP contribution in [0.15, 0.2) is 33.1 Å². The maximum atomic E-state index is 5.43. The van der Waals surface area contributed by atoms with E-state index in [9.17, 15) is 0 Å². The maximum absolute atomic E-state index is 5.43. The van der Waals surface area contributed by atoms with Gasteiger partial charge in [0.15, 0.2) is 0 Å². The van der Waals surface area contributed by atoms with Crippen molar-refractivity contribution in [2.45, 2.75) is 18.8 Å². The number of hydrogen-bond acceptors (Lipinski definition) is 5. The quantitative estimate of drug-likeness (QED) is 0.702. The Morgan fingerprint density at radius 2 is 1.94 bits per heavy atom. The molecule has 5 nitrogen and oxygen atoms in total. The highest BCUT2D eigenvalue weighted by molar-refractivity contribution is 8.10. The Morgan fingerprint density at radius 1 is 1.19 bits per heavy atom. The molecule has 0 unspecified atom stereocenters. The Bertz CT molecular complexity index is 514. The summed E-state index contributed by atoms with van der Waals surface area (Å²) in [5, 5.41) is 8.09. The second kappa shape index (κ2) is 2.98. The van der Waals surface area contributed by atoms with Crippen molar-refractivity contribution >= 4 is 27.3 Å². The van der Waals surface area contributed by atoms with E-state index < -0.39 is 11.0 Å². The van der Waals surface area contributed by atoms with Crippen molar-refractivity contribution in [1.29, 1.82) is 0 Å². The largest absolute Gasteiger partial charge is 0.469 e. The van der Waals surface area contributed by atoms with Gasteiger partial charge in [0.1, 0.15) is 22.0 Å². The molecular weight excluding hydrogens is 228 g/mol.